The fourth-order valence-electron chi connectivity index (χ4n) is 1.70. The number of aromatic nitrogens is 1. The zero-order valence-corrected chi connectivity index (χ0v) is 10.4. The molecule has 1 aromatic carbocycles. The Balaban J connectivity index is 2.78. The van der Waals surface area contributed by atoms with Crippen molar-refractivity contribution in [1.82, 2.24) is 4.98 Å². The molecule has 78 valence electrons. The van der Waals surface area contributed by atoms with E-state index in [1.165, 1.54) is 10.9 Å². The van der Waals surface area contributed by atoms with Gasteiger partial charge in [-0.05, 0) is 31.5 Å². The van der Waals surface area contributed by atoms with Gasteiger partial charge in [0.15, 0.2) is 0 Å². The highest BCUT2D eigenvalue weighted by Gasteiger charge is 2.06. The van der Waals surface area contributed by atoms with E-state index in [1.54, 1.807) is 0 Å². The van der Waals surface area contributed by atoms with Crippen molar-refractivity contribution >= 4 is 32.5 Å². The predicted molar refractivity (Wildman–Crippen MR) is 68.3 cm³/mol. The molecule has 0 saturated heterocycles. The number of pyridine rings is 1. The molecule has 0 aliphatic heterocycles. The Morgan fingerprint density at radius 2 is 2.13 bits per heavy atom. The van der Waals surface area contributed by atoms with Gasteiger partial charge in [-0.1, -0.05) is 22.0 Å². The predicted octanol–water partition coefficient (Wildman–Crippen LogP) is 3.74. The van der Waals surface area contributed by atoms with Gasteiger partial charge in [0.05, 0.1) is 5.52 Å². The first-order valence-corrected chi connectivity index (χ1v) is 5.81. The molecular formula is C12H13BrN2. The molecule has 0 radical (unpaired) electrons. The summed E-state index contributed by atoms with van der Waals surface area (Å²) in [6.07, 6.45) is 1.85. The van der Waals surface area contributed by atoms with E-state index in [0.717, 1.165) is 22.2 Å². The molecule has 0 unspecified atom stereocenters. The number of aryl methyl sites for hydroxylation is 1. The van der Waals surface area contributed by atoms with Gasteiger partial charge in [0.2, 0.25) is 0 Å². The lowest BCUT2D eigenvalue weighted by molar-refractivity contribution is 1.21. The number of fused-ring (bicyclic) bond motifs is 1. The highest BCUT2D eigenvalue weighted by molar-refractivity contribution is 9.10. The van der Waals surface area contributed by atoms with Crippen molar-refractivity contribution in [2.24, 2.45) is 0 Å². The van der Waals surface area contributed by atoms with Gasteiger partial charge in [-0.3, -0.25) is 4.98 Å². The second-order valence-corrected chi connectivity index (χ2v) is 4.33. The minimum Gasteiger partial charge on any atom is -0.385 e. The molecular weight excluding hydrogens is 252 g/mol. The van der Waals surface area contributed by atoms with E-state index in [0.29, 0.717) is 0 Å². The summed E-state index contributed by atoms with van der Waals surface area (Å²) in [5.41, 5.74) is 3.40. The number of rotatable bonds is 2. The highest BCUT2D eigenvalue weighted by Crippen LogP contribution is 2.31. The Hall–Kier alpha value is -1.09. The van der Waals surface area contributed by atoms with Crippen LogP contribution < -0.4 is 5.32 Å². The van der Waals surface area contributed by atoms with Crippen molar-refractivity contribution in [2.75, 3.05) is 11.9 Å². The largest absolute Gasteiger partial charge is 0.385 e. The normalized spacial score (nSPS) is 10.6. The number of halogens is 1. The number of anilines is 1. The van der Waals surface area contributed by atoms with E-state index in [4.69, 9.17) is 0 Å². The number of hydrogen-bond donors (Lipinski definition) is 1. The van der Waals surface area contributed by atoms with Gasteiger partial charge in [0.25, 0.3) is 0 Å². The monoisotopic (exact) mass is 264 g/mol. The van der Waals surface area contributed by atoms with Crippen LogP contribution in [-0.2, 0) is 0 Å². The van der Waals surface area contributed by atoms with Crippen LogP contribution in [-0.4, -0.2) is 11.5 Å². The first-order valence-electron chi connectivity index (χ1n) is 5.01. The van der Waals surface area contributed by atoms with E-state index in [2.05, 4.69) is 52.2 Å². The van der Waals surface area contributed by atoms with Crippen molar-refractivity contribution in [3.8, 4) is 0 Å². The Bertz CT molecular complexity index is 494. The molecule has 0 saturated carbocycles. The van der Waals surface area contributed by atoms with Gasteiger partial charge >= 0.3 is 0 Å². The summed E-state index contributed by atoms with van der Waals surface area (Å²) < 4.78 is 1.09. The van der Waals surface area contributed by atoms with Gasteiger partial charge in [0, 0.05) is 28.3 Å². The van der Waals surface area contributed by atoms with Crippen LogP contribution in [0.25, 0.3) is 10.9 Å². The summed E-state index contributed by atoms with van der Waals surface area (Å²) in [6.45, 7) is 5.09. The Labute approximate surface area is 97.8 Å². The second-order valence-electron chi connectivity index (χ2n) is 3.48. The lowest BCUT2D eigenvalue weighted by atomic mass is 10.1. The number of nitrogens with one attached hydrogen (secondary N) is 1. The minimum absolute atomic E-state index is 0.916. The lowest BCUT2D eigenvalue weighted by Crippen LogP contribution is -1.98. The number of hydrogen-bond acceptors (Lipinski definition) is 2. The third-order valence-corrected chi connectivity index (χ3v) is 3.07. The van der Waals surface area contributed by atoms with Gasteiger partial charge in [-0.2, -0.15) is 0 Å². The van der Waals surface area contributed by atoms with Crippen LogP contribution >= 0.6 is 15.9 Å². The van der Waals surface area contributed by atoms with E-state index >= 15 is 0 Å². The van der Waals surface area contributed by atoms with Crippen molar-refractivity contribution < 1.29 is 0 Å². The molecule has 0 bridgehead atoms. The van der Waals surface area contributed by atoms with E-state index in [1.807, 2.05) is 12.3 Å². The zero-order chi connectivity index (χ0) is 10.8. The summed E-state index contributed by atoms with van der Waals surface area (Å²) >= 11 is 3.57. The van der Waals surface area contributed by atoms with Crippen molar-refractivity contribution in [3.63, 3.8) is 0 Å². The molecule has 2 aromatic rings. The third-order valence-electron chi connectivity index (χ3n) is 2.41. The summed E-state index contributed by atoms with van der Waals surface area (Å²) in [7, 11) is 0. The molecule has 1 heterocycles. The maximum Gasteiger partial charge on any atom is 0.0763 e. The average molecular weight is 265 g/mol. The summed E-state index contributed by atoms with van der Waals surface area (Å²) in [5, 5.41) is 4.51. The van der Waals surface area contributed by atoms with Crippen LogP contribution in [0.3, 0.4) is 0 Å². The Kier molecular flexibility index (Phi) is 2.91. The van der Waals surface area contributed by atoms with Crippen LogP contribution in [0.2, 0.25) is 0 Å². The van der Waals surface area contributed by atoms with Gasteiger partial charge < -0.3 is 5.32 Å². The van der Waals surface area contributed by atoms with Crippen LogP contribution in [0, 0.1) is 6.92 Å². The Morgan fingerprint density at radius 3 is 2.87 bits per heavy atom. The summed E-state index contributed by atoms with van der Waals surface area (Å²) in [6, 6.07) is 6.16. The van der Waals surface area contributed by atoms with Crippen molar-refractivity contribution in [3.05, 3.63) is 34.4 Å². The van der Waals surface area contributed by atoms with Gasteiger partial charge in [0.1, 0.15) is 0 Å². The van der Waals surface area contributed by atoms with Crippen molar-refractivity contribution in [2.45, 2.75) is 13.8 Å². The lowest BCUT2D eigenvalue weighted by Gasteiger charge is -2.10. The van der Waals surface area contributed by atoms with Gasteiger partial charge in [-0.15, -0.1) is 0 Å². The molecule has 0 fully saturated rings. The van der Waals surface area contributed by atoms with Crippen molar-refractivity contribution in [1.29, 1.82) is 0 Å². The molecule has 15 heavy (non-hydrogen) atoms. The first-order chi connectivity index (χ1) is 7.24. The third kappa shape index (κ3) is 1.84. The standard InChI is InChI=1S/C12H13BrN2/c1-3-14-10-6-7-15-12-8(2)4-5-9(13)11(10)12/h4-7H,3H2,1-2H3,(H,14,15). The van der Waals surface area contributed by atoms with Crippen LogP contribution in [0.1, 0.15) is 12.5 Å². The maximum atomic E-state index is 4.41. The summed E-state index contributed by atoms with van der Waals surface area (Å²) in [4.78, 5) is 4.41. The van der Waals surface area contributed by atoms with E-state index in [9.17, 15) is 0 Å². The Morgan fingerprint density at radius 1 is 1.33 bits per heavy atom. The quantitative estimate of drug-likeness (QED) is 0.894. The molecule has 2 nitrogen and oxygen atoms in total. The SMILES string of the molecule is CCNc1ccnc2c(C)ccc(Br)c12. The molecule has 2 rings (SSSR count). The number of benzene rings is 1. The minimum atomic E-state index is 0.916. The van der Waals surface area contributed by atoms with Crippen LogP contribution in [0.5, 0.6) is 0 Å². The fraction of sp³-hybridized carbons (Fsp3) is 0.250. The maximum absolute atomic E-state index is 4.41. The smallest absolute Gasteiger partial charge is 0.0763 e. The topological polar surface area (TPSA) is 24.9 Å². The second kappa shape index (κ2) is 4.19. The number of nitrogens with zero attached hydrogens (tertiary/aromatic N) is 1. The summed E-state index contributed by atoms with van der Waals surface area (Å²) in [5.74, 6) is 0. The molecule has 1 aromatic heterocycles. The average Bonchev–Trinajstić information content (AvgIpc) is 2.24. The van der Waals surface area contributed by atoms with Crippen LogP contribution in [0.15, 0.2) is 28.9 Å². The molecule has 0 aliphatic carbocycles. The zero-order valence-electron chi connectivity index (χ0n) is 8.84. The highest BCUT2D eigenvalue weighted by atomic mass is 79.9. The van der Waals surface area contributed by atoms with Gasteiger partial charge in [-0.25, -0.2) is 0 Å². The molecule has 0 aliphatic rings. The molecule has 0 atom stereocenters. The molecule has 0 amide bonds. The van der Waals surface area contributed by atoms with Crippen LogP contribution in [0.4, 0.5) is 5.69 Å². The molecule has 3 heteroatoms. The molecule has 0 spiro atoms. The first kappa shape index (κ1) is 10.4. The fourth-order valence-corrected chi connectivity index (χ4v) is 2.23. The van der Waals surface area contributed by atoms with E-state index in [-0.39, 0.29) is 0 Å². The molecule has 1 N–H and O–H groups in total. The van der Waals surface area contributed by atoms with E-state index < -0.39 is 0 Å².